The van der Waals surface area contributed by atoms with Gasteiger partial charge in [0, 0.05) is 12.1 Å². The summed E-state index contributed by atoms with van der Waals surface area (Å²) in [5.41, 5.74) is 2.04. The van der Waals surface area contributed by atoms with E-state index in [2.05, 4.69) is 11.9 Å². The molecule has 0 fully saturated rings. The zero-order valence-corrected chi connectivity index (χ0v) is 10.8. The van der Waals surface area contributed by atoms with Crippen molar-refractivity contribution in [1.29, 1.82) is 0 Å². The average molecular weight is 251 g/mol. The summed E-state index contributed by atoms with van der Waals surface area (Å²) in [6, 6.07) is 4.16. The van der Waals surface area contributed by atoms with Crippen LogP contribution in [0.2, 0.25) is 0 Å². The van der Waals surface area contributed by atoms with Gasteiger partial charge in [-0.1, -0.05) is 18.2 Å². The molecule has 0 saturated carbocycles. The highest BCUT2D eigenvalue weighted by Crippen LogP contribution is 2.09. The molecule has 0 atom stereocenters. The summed E-state index contributed by atoms with van der Waals surface area (Å²) < 4.78 is 18.3. The molecule has 0 radical (unpaired) electrons. The van der Waals surface area contributed by atoms with Gasteiger partial charge in [0.25, 0.3) is 5.91 Å². The molecular formula is C14H18FNO2. The van der Waals surface area contributed by atoms with Gasteiger partial charge in [0.2, 0.25) is 0 Å². The molecule has 18 heavy (non-hydrogen) atoms. The van der Waals surface area contributed by atoms with Gasteiger partial charge in [0.05, 0.1) is 13.2 Å². The van der Waals surface area contributed by atoms with Crippen LogP contribution in [0, 0.1) is 12.7 Å². The van der Waals surface area contributed by atoms with E-state index in [0.29, 0.717) is 25.3 Å². The summed E-state index contributed by atoms with van der Waals surface area (Å²) >= 11 is 0. The molecule has 0 heterocycles. The summed E-state index contributed by atoms with van der Waals surface area (Å²) in [4.78, 5) is 11.8. The highest BCUT2D eigenvalue weighted by atomic mass is 19.1. The lowest BCUT2D eigenvalue weighted by molar-refractivity contribution is 0.0925. The summed E-state index contributed by atoms with van der Waals surface area (Å²) in [7, 11) is 0. The maximum atomic E-state index is 13.0. The van der Waals surface area contributed by atoms with Crippen molar-refractivity contribution < 1.29 is 13.9 Å². The molecule has 1 aromatic rings. The minimum absolute atomic E-state index is 0.286. The number of nitrogens with one attached hydrogen (secondary N) is 1. The Morgan fingerprint density at radius 3 is 2.89 bits per heavy atom. The van der Waals surface area contributed by atoms with Gasteiger partial charge in [-0.3, -0.25) is 4.79 Å². The van der Waals surface area contributed by atoms with Gasteiger partial charge in [0.15, 0.2) is 0 Å². The monoisotopic (exact) mass is 251 g/mol. The van der Waals surface area contributed by atoms with Gasteiger partial charge in [0.1, 0.15) is 5.82 Å². The predicted octanol–water partition coefficient (Wildman–Crippen LogP) is 2.46. The largest absolute Gasteiger partial charge is 0.375 e. The summed E-state index contributed by atoms with van der Waals surface area (Å²) in [6.45, 7) is 8.62. The lowest BCUT2D eigenvalue weighted by Gasteiger charge is -2.08. The number of hydrogen-bond acceptors (Lipinski definition) is 2. The van der Waals surface area contributed by atoms with Crippen molar-refractivity contribution in [1.82, 2.24) is 5.32 Å². The van der Waals surface area contributed by atoms with Crippen molar-refractivity contribution in [2.45, 2.75) is 13.8 Å². The predicted molar refractivity (Wildman–Crippen MR) is 69.1 cm³/mol. The van der Waals surface area contributed by atoms with Crippen LogP contribution in [0.25, 0.3) is 0 Å². The van der Waals surface area contributed by atoms with E-state index in [4.69, 9.17) is 4.74 Å². The summed E-state index contributed by atoms with van der Waals surface area (Å²) in [5.74, 6) is -0.699. The molecule has 3 nitrogen and oxygen atoms in total. The number of aryl methyl sites for hydroxylation is 1. The molecule has 0 aliphatic heterocycles. The highest BCUT2D eigenvalue weighted by Gasteiger charge is 2.09. The molecule has 0 aliphatic carbocycles. The Kier molecular flexibility index (Phi) is 5.52. The number of amides is 1. The second-order valence-electron chi connectivity index (χ2n) is 4.22. The van der Waals surface area contributed by atoms with Crippen molar-refractivity contribution >= 4 is 5.91 Å². The Labute approximate surface area is 107 Å². The van der Waals surface area contributed by atoms with Crippen molar-refractivity contribution in [2.24, 2.45) is 0 Å². The lowest BCUT2D eigenvalue weighted by atomic mass is 10.1. The van der Waals surface area contributed by atoms with Gasteiger partial charge < -0.3 is 10.1 Å². The van der Waals surface area contributed by atoms with Crippen LogP contribution in [-0.2, 0) is 4.74 Å². The minimum atomic E-state index is -0.413. The first-order valence-corrected chi connectivity index (χ1v) is 5.77. The van der Waals surface area contributed by atoms with Crippen molar-refractivity contribution in [2.75, 3.05) is 19.8 Å². The van der Waals surface area contributed by atoms with E-state index in [-0.39, 0.29) is 5.91 Å². The van der Waals surface area contributed by atoms with Crippen LogP contribution in [0.15, 0.2) is 30.4 Å². The number of benzene rings is 1. The van der Waals surface area contributed by atoms with Crippen LogP contribution in [-0.4, -0.2) is 25.7 Å². The zero-order chi connectivity index (χ0) is 13.5. The van der Waals surface area contributed by atoms with Crippen LogP contribution in [0.5, 0.6) is 0 Å². The van der Waals surface area contributed by atoms with E-state index in [0.717, 1.165) is 11.1 Å². The number of halogens is 1. The van der Waals surface area contributed by atoms with E-state index >= 15 is 0 Å². The summed E-state index contributed by atoms with van der Waals surface area (Å²) in [5, 5.41) is 2.68. The number of ether oxygens (including phenoxy) is 1. The normalized spacial score (nSPS) is 10.2. The van der Waals surface area contributed by atoms with E-state index in [9.17, 15) is 9.18 Å². The van der Waals surface area contributed by atoms with Gasteiger partial charge in [-0.25, -0.2) is 4.39 Å². The van der Waals surface area contributed by atoms with E-state index in [1.54, 1.807) is 13.0 Å². The molecule has 0 saturated heterocycles. The third kappa shape index (κ3) is 4.67. The Morgan fingerprint density at radius 2 is 2.22 bits per heavy atom. The fourth-order valence-electron chi connectivity index (χ4n) is 1.42. The Hall–Kier alpha value is -1.68. The molecule has 0 unspecified atom stereocenters. The third-order valence-electron chi connectivity index (χ3n) is 2.32. The Morgan fingerprint density at radius 1 is 1.50 bits per heavy atom. The number of carbonyl (C=O) groups is 1. The maximum absolute atomic E-state index is 13.0. The maximum Gasteiger partial charge on any atom is 0.251 e. The second kappa shape index (κ2) is 6.91. The first-order chi connectivity index (χ1) is 8.50. The van der Waals surface area contributed by atoms with Crippen LogP contribution in [0.1, 0.15) is 22.8 Å². The molecule has 0 aromatic heterocycles. The first kappa shape index (κ1) is 14.4. The van der Waals surface area contributed by atoms with Crippen LogP contribution in [0.4, 0.5) is 4.39 Å². The third-order valence-corrected chi connectivity index (χ3v) is 2.32. The molecule has 1 N–H and O–H groups in total. The van der Waals surface area contributed by atoms with Crippen LogP contribution < -0.4 is 5.32 Å². The quantitative estimate of drug-likeness (QED) is 0.623. The van der Waals surface area contributed by atoms with Crippen LogP contribution in [0.3, 0.4) is 0 Å². The minimum Gasteiger partial charge on any atom is -0.375 e. The van der Waals surface area contributed by atoms with E-state index in [1.807, 2.05) is 6.92 Å². The van der Waals surface area contributed by atoms with Crippen molar-refractivity contribution in [3.63, 3.8) is 0 Å². The Bertz CT molecular complexity index is 443. The second-order valence-corrected chi connectivity index (χ2v) is 4.22. The zero-order valence-electron chi connectivity index (χ0n) is 10.8. The van der Waals surface area contributed by atoms with Gasteiger partial charge in [-0.2, -0.15) is 0 Å². The van der Waals surface area contributed by atoms with Gasteiger partial charge >= 0.3 is 0 Å². The van der Waals surface area contributed by atoms with Gasteiger partial charge in [-0.15, -0.1) is 0 Å². The Balaban J connectivity index is 2.41. The topological polar surface area (TPSA) is 38.3 Å². The average Bonchev–Trinajstić information content (AvgIpc) is 2.31. The highest BCUT2D eigenvalue weighted by molar-refractivity contribution is 5.95. The molecule has 1 rings (SSSR count). The number of hydrogen-bond donors (Lipinski definition) is 1. The van der Waals surface area contributed by atoms with Crippen molar-refractivity contribution in [3.8, 4) is 0 Å². The SMILES string of the molecule is C=C(C)COCCNC(=O)c1cc(F)ccc1C. The van der Waals surface area contributed by atoms with Crippen LogP contribution >= 0.6 is 0 Å². The molecule has 1 aromatic carbocycles. The molecule has 4 heteroatoms. The molecule has 0 aliphatic rings. The lowest BCUT2D eigenvalue weighted by Crippen LogP contribution is -2.28. The number of rotatable bonds is 6. The fraction of sp³-hybridized carbons (Fsp3) is 0.357. The smallest absolute Gasteiger partial charge is 0.251 e. The molecule has 1 amide bonds. The molecule has 0 bridgehead atoms. The van der Waals surface area contributed by atoms with E-state index in [1.165, 1.54) is 12.1 Å². The molecule has 98 valence electrons. The van der Waals surface area contributed by atoms with Crippen molar-refractivity contribution in [3.05, 3.63) is 47.3 Å². The standard InChI is InChI=1S/C14H18FNO2/c1-10(2)9-18-7-6-16-14(17)13-8-12(15)5-4-11(13)3/h4-5,8H,1,6-7,9H2,2-3H3,(H,16,17). The van der Waals surface area contributed by atoms with Gasteiger partial charge in [-0.05, 0) is 31.5 Å². The number of carbonyl (C=O) groups excluding carboxylic acids is 1. The first-order valence-electron chi connectivity index (χ1n) is 5.77. The van der Waals surface area contributed by atoms with E-state index < -0.39 is 5.82 Å². The molecular weight excluding hydrogens is 233 g/mol. The molecule has 0 spiro atoms. The fourth-order valence-corrected chi connectivity index (χ4v) is 1.42. The summed E-state index contributed by atoms with van der Waals surface area (Å²) in [6.07, 6.45) is 0.